The number of nitrogens with zero attached hydrogens (tertiary/aromatic N) is 4. The van der Waals surface area contributed by atoms with Gasteiger partial charge >= 0.3 is 0 Å². The van der Waals surface area contributed by atoms with Crippen molar-refractivity contribution in [3.8, 4) is 16.9 Å². The lowest BCUT2D eigenvalue weighted by Crippen LogP contribution is -2.44. The minimum atomic E-state index is -0.374. The average Bonchev–Trinajstić information content (AvgIpc) is 2.79. The van der Waals surface area contributed by atoms with Gasteiger partial charge in [0, 0.05) is 50.2 Å². The van der Waals surface area contributed by atoms with E-state index in [1.807, 2.05) is 12.1 Å². The molecule has 1 aliphatic heterocycles. The second-order valence-corrected chi connectivity index (χ2v) is 7.81. The van der Waals surface area contributed by atoms with Crippen LogP contribution in [0.1, 0.15) is 5.56 Å². The highest BCUT2D eigenvalue weighted by molar-refractivity contribution is 5.92. The number of carbonyl (C=O) groups is 1. The van der Waals surface area contributed by atoms with E-state index in [9.17, 15) is 9.18 Å². The highest BCUT2D eigenvalue weighted by Gasteiger charge is 2.16. The van der Waals surface area contributed by atoms with E-state index in [-0.39, 0.29) is 18.1 Å². The van der Waals surface area contributed by atoms with E-state index in [1.165, 1.54) is 19.2 Å². The molecule has 2 aromatic heterocycles. The Balaban J connectivity index is 1.44. The number of halogens is 1. The second-order valence-electron chi connectivity index (χ2n) is 7.81. The van der Waals surface area contributed by atoms with Crippen LogP contribution in [0, 0.1) is 5.82 Å². The number of pyridine rings is 2. The van der Waals surface area contributed by atoms with Crippen LogP contribution in [0.3, 0.4) is 0 Å². The fourth-order valence-corrected chi connectivity index (χ4v) is 3.72. The predicted molar refractivity (Wildman–Crippen MR) is 122 cm³/mol. The summed E-state index contributed by atoms with van der Waals surface area (Å²) in [7, 11) is 3.61. The monoisotopic (exact) mass is 435 g/mol. The summed E-state index contributed by atoms with van der Waals surface area (Å²) in [6.45, 7) is 3.83. The number of aromatic nitrogens is 2. The molecule has 1 amide bonds. The first kappa shape index (κ1) is 21.7. The topological polar surface area (TPSA) is 70.6 Å². The largest absolute Gasteiger partial charge is 0.496 e. The van der Waals surface area contributed by atoms with Gasteiger partial charge in [0.25, 0.3) is 0 Å². The van der Waals surface area contributed by atoms with Gasteiger partial charge in [0.05, 0.1) is 13.5 Å². The quantitative estimate of drug-likeness (QED) is 0.641. The molecule has 3 aromatic rings. The molecular weight excluding hydrogens is 409 g/mol. The van der Waals surface area contributed by atoms with Crippen LogP contribution in [0.15, 0.2) is 54.9 Å². The van der Waals surface area contributed by atoms with Crippen molar-refractivity contribution in [2.24, 2.45) is 0 Å². The highest BCUT2D eigenvalue weighted by atomic mass is 19.1. The number of hydrogen-bond acceptors (Lipinski definition) is 6. The third-order valence-corrected chi connectivity index (χ3v) is 5.50. The standard InChI is InChI=1S/C24H26FN5O2/c1-29-9-11-30(12-10-29)23-13-17(5-7-27-23)14-24(31)28-22-15-18(6-8-26-22)20-4-3-19(25)16-21(20)32-2/h3-8,13,15-16H,9-12,14H2,1-2H3,(H,26,28,31). The molecular formula is C24H26FN5O2. The van der Waals surface area contributed by atoms with Crippen molar-refractivity contribution >= 4 is 17.5 Å². The first-order chi connectivity index (χ1) is 15.5. The number of benzene rings is 1. The highest BCUT2D eigenvalue weighted by Crippen LogP contribution is 2.31. The summed E-state index contributed by atoms with van der Waals surface area (Å²) < 4.78 is 18.8. The van der Waals surface area contributed by atoms with Crippen LogP contribution >= 0.6 is 0 Å². The Morgan fingerprint density at radius 3 is 2.62 bits per heavy atom. The normalized spacial score (nSPS) is 14.3. The Hall–Kier alpha value is -3.52. The van der Waals surface area contributed by atoms with Gasteiger partial charge in [-0.3, -0.25) is 4.79 Å². The van der Waals surface area contributed by atoms with Gasteiger partial charge in [-0.25, -0.2) is 14.4 Å². The summed E-state index contributed by atoms with van der Waals surface area (Å²) in [5.41, 5.74) is 2.38. The van der Waals surface area contributed by atoms with E-state index in [0.717, 1.165) is 48.7 Å². The van der Waals surface area contributed by atoms with Crippen molar-refractivity contribution < 1.29 is 13.9 Å². The summed E-state index contributed by atoms with van der Waals surface area (Å²) >= 11 is 0. The zero-order chi connectivity index (χ0) is 22.5. The van der Waals surface area contributed by atoms with Crippen LogP contribution < -0.4 is 15.0 Å². The molecule has 0 saturated carbocycles. The Labute approximate surface area is 186 Å². The Kier molecular flexibility index (Phi) is 6.61. The molecule has 1 aliphatic rings. The number of ether oxygens (including phenoxy) is 1. The molecule has 1 fully saturated rings. The lowest BCUT2D eigenvalue weighted by molar-refractivity contribution is -0.115. The number of methoxy groups -OCH3 is 1. The number of carbonyl (C=O) groups excluding carboxylic acids is 1. The van der Waals surface area contributed by atoms with Gasteiger partial charge in [-0.1, -0.05) is 0 Å². The van der Waals surface area contributed by atoms with E-state index in [4.69, 9.17) is 4.74 Å². The average molecular weight is 436 g/mol. The molecule has 8 heteroatoms. The Morgan fingerprint density at radius 2 is 1.84 bits per heavy atom. The molecule has 0 bridgehead atoms. The molecule has 1 N–H and O–H groups in total. The van der Waals surface area contributed by atoms with Crippen LogP contribution in [0.25, 0.3) is 11.1 Å². The van der Waals surface area contributed by atoms with Crippen LogP contribution in [0.4, 0.5) is 16.0 Å². The lowest BCUT2D eigenvalue weighted by atomic mass is 10.1. The first-order valence-corrected chi connectivity index (χ1v) is 10.5. The van der Waals surface area contributed by atoms with Crippen LogP contribution in [0.5, 0.6) is 5.75 Å². The number of hydrogen-bond donors (Lipinski definition) is 1. The van der Waals surface area contributed by atoms with Crippen molar-refractivity contribution in [1.82, 2.24) is 14.9 Å². The van der Waals surface area contributed by atoms with E-state index < -0.39 is 0 Å². The van der Waals surface area contributed by atoms with Crippen LogP contribution in [-0.4, -0.2) is 61.1 Å². The van der Waals surface area contributed by atoms with Crippen molar-refractivity contribution in [2.45, 2.75) is 6.42 Å². The third kappa shape index (κ3) is 5.20. The third-order valence-electron chi connectivity index (χ3n) is 5.50. The molecule has 3 heterocycles. The fourth-order valence-electron chi connectivity index (χ4n) is 3.72. The summed E-state index contributed by atoms with van der Waals surface area (Å²) in [5, 5.41) is 2.85. The molecule has 0 radical (unpaired) electrons. The van der Waals surface area contributed by atoms with E-state index >= 15 is 0 Å². The molecule has 32 heavy (non-hydrogen) atoms. The van der Waals surface area contributed by atoms with Gasteiger partial charge < -0.3 is 19.9 Å². The lowest BCUT2D eigenvalue weighted by Gasteiger charge is -2.33. The van der Waals surface area contributed by atoms with Crippen LogP contribution in [-0.2, 0) is 11.2 Å². The number of anilines is 2. The van der Waals surface area contributed by atoms with Gasteiger partial charge in [-0.2, -0.15) is 0 Å². The fraction of sp³-hybridized carbons (Fsp3) is 0.292. The summed E-state index contributed by atoms with van der Waals surface area (Å²) in [4.78, 5) is 25.9. The van der Waals surface area contributed by atoms with Gasteiger partial charge in [-0.05, 0) is 54.6 Å². The molecule has 0 atom stereocenters. The van der Waals surface area contributed by atoms with E-state index in [2.05, 4.69) is 32.1 Å². The first-order valence-electron chi connectivity index (χ1n) is 10.5. The maximum Gasteiger partial charge on any atom is 0.229 e. The minimum absolute atomic E-state index is 0.170. The minimum Gasteiger partial charge on any atom is -0.496 e. The molecule has 166 valence electrons. The number of amides is 1. The number of piperazine rings is 1. The smallest absolute Gasteiger partial charge is 0.229 e. The number of likely N-dealkylation sites (N-methyl/N-ethyl adjacent to an activating group) is 1. The van der Waals surface area contributed by atoms with Crippen LogP contribution in [0.2, 0.25) is 0 Å². The molecule has 7 nitrogen and oxygen atoms in total. The van der Waals surface area contributed by atoms with Gasteiger partial charge in [-0.15, -0.1) is 0 Å². The zero-order valence-electron chi connectivity index (χ0n) is 18.2. The second kappa shape index (κ2) is 9.74. The summed E-state index contributed by atoms with van der Waals surface area (Å²) in [5.74, 6) is 1.19. The maximum atomic E-state index is 13.5. The zero-order valence-corrected chi connectivity index (χ0v) is 18.2. The van der Waals surface area contributed by atoms with Gasteiger partial charge in [0.15, 0.2) is 0 Å². The van der Waals surface area contributed by atoms with E-state index in [0.29, 0.717) is 11.6 Å². The number of nitrogens with one attached hydrogen (secondary N) is 1. The molecule has 1 saturated heterocycles. The van der Waals surface area contributed by atoms with Crippen molar-refractivity contribution in [2.75, 3.05) is 50.6 Å². The molecule has 0 aliphatic carbocycles. The maximum absolute atomic E-state index is 13.5. The SMILES string of the molecule is COc1cc(F)ccc1-c1ccnc(NC(=O)Cc2ccnc(N3CCN(C)CC3)c2)c1. The van der Waals surface area contributed by atoms with Gasteiger partial charge in [0.1, 0.15) is 23.2 Å². The molecule has 0 spiro atoms. The Bertz CT molecular complexity index is 1100. The molecule has 1 aromatic carbocycles. The van der Waals surface area contributed by atoms with Gasteiger partial charge in [0.2, 0.25) is 5.91 Å². The number of rotatable bonds is 6. The predicted octanol–water partition coefficient (Wildman–Crippen LogP) is 3.22. The molecule has 4 rings (SSSR count). The van der Waals surface area contributed by atoms with E-state index in [1.54, 1.807) is 30.6 Å². The molecule has 0 unspecified atom stereocenters. The van der Waals surface area contributed by atoms with Crippen molar-refractivity contribution in [3.63, 3.8) is 0 Å². The van der Waals surface area contributed by atoms with Crippen molar-refractivity contribution in [1.29, 1.82) is 0 Å². The van der Waals surface area contributed by atoms with Crippen molar-refractivity contribution in [3.05, 3.63) is 66.2 Å². The Morgan fingerprint density at radius 1 is 1.06 bits per heavy atom. The summed E-state index contributed by atoms with van der Waals surface area (Å²) in [6.07, 6.45) is 3.57. The summed E-state index contributed by atoms with van der Waals surface area (Å²) in [6, 6.07) is 11.7.